The van der Waals surface area contributed by atoms with Crippen LogP contribution in [0.1, 0.15) is 31.0 Å². The molecule has 1 amide bonds. The molecule has 0 saturated carbocycles. The number of hydrogen-bond donors (Lipinski definition) is 1. The number of nitrogens with zero attached hydrogens (tertiary/aromatic N) is 1. The van der Waals surface area contributed by atoms with Crippen molar-refractivity contribution < 1.29 is 13.2 Å². The van der Waals surface area contributed by atoms with E-state index in [1.54, 1.807) is 23.1 Å². The van der Waals surface area contributed by atoms with Gasteiger partial charge in [0, 0.05) is 25.2 Å². The number of nitrogens with one attached hydrogen (secondary N) is 1. The molecule has 0 unspecified atom stereocenters. The van der Waals surface area contributed by atoms with E-state index in [-0.39, 0.29) is 16.8 Å². The Labute approximate surface area is 142 Å². The molecule has 1 heterocycles. The molecule has 6 heteroatoms. The first-order valence-corrected chi connectivity index (χ1v) is 9.35. The standard InChI is InChI=1S/C18H20N2O3S/c1-13(15-6-4-3-5-7-15)19-24(22,23)17-8-9-18-16(12-17)10-11-20(18)14(2)21/h3-9,12-13,19H,10-11H2,1-2H3/t13-/m0/s1. The number of sulfonamides is 1. The van der Waals surface area contributed by atoms with Gasteiger partial charge in [-0.1, -0.05) is 30.3 Å². The van der Waals surface area contributed by atoms with Gasteiger partial charge in [0.15, 0.2) is 0 Å². The number of carbonyl (C=O) groups excluding carboxylic acids is 1. The molecule has 0 fully saturated rings. The van der Waals surface area contributed by atoms with Crippen molar-refractivity contribution in [2.24, 2.45) is 0 Å². The first-order chi connectivity index (χ1) is 11.4. The van der Waals surface area contributed by atoms with Crippen LogP contribution in [0.2, 0.25) is 0 Å². The minimum atomic E-state index is -3.62. The van der Waals surface area contributed by atoms with Gasteiger partial charge in [-0.2, -0.15) is 0 Å². The summed E-state index contributed by atoms with van der Waals surface area (Å²) >= 11 is 0. The first-order valence-electron chi connectivity index (χ1n) is 7.87. The van der Waals surface area contributed by atoms with Gasteiger partial charge in [0.1, 0.15) is 0 Å². The van der Waals surface area contributed by atoms with E-state index in [1.807, 2.05) is 37.3 Å². The molecule has 0 saturated heterocycles. The van der Waals surface area contributed by atoms with Crippen LogP contribution in [0.3, 0.4) is 0 Å². The average molecular weight is 344 g/mol. The molecule has 5 nitrogen and oxygen atoms in total. The van der Waals surface area contributed by atoms with Gasteiger partial charge >= 0.3 is 0 Å². The van der Waals surface area contributed by atoms with E-state index in [9.17, 15) is 13.2 Å². The van der Waals surface area contributed by atoms with E-state index in [1.165, 1.54) is 6.92 Å². The summed E-state index contributed by atoms with van der Waals surface area (Å²) in [5.41, 5.74) is 2.60. The lowest BCUT2D eigenvalue weighted by molar-refractivity contribution is -0.116. The van der Waals surface area contributed by atoms with Gasteiger partial charge in [0.05, 0.1) is 4.90 Å². The van der Waals surface area contributed by atoms with Crippen molar-refractivity contribution >= 4 is 21.6 Å². The van der Waals surface area contributed by atoms with Crippen molar-refractivity contribution in [2.75, 3.05) is 11.4 Å². The molecule has 2 aromatic carbocycles. The van der Waals surface area contributed by atoms with E-state index in [0.717, 1.165) is 16.8 Å². The van der Waals surface area contributed by atoms with Crippen LogP contribution in [-0.2, 0) is 21.2 Å². The molecular weight excluding hydrogens is 324 g/mol. The molecule has 1 aliphatic rings. The molecule has 1 N–H and O–H groups in total. The number of fused-ring (bicyclic) bond motifs is 1. The zero-order chi connectivity index (χ0) is 17.3. The van der Waals surface area contributed by atoms with Gasteiger partial charge in [-0.15, -0.1) is 0 Å². The van der Waals surface area contributed by atoms with Crippen LogP contribution in [0.15, 0.2) is 53.4 Å². The third-order valence-electron chi connectivity index (χ3n) is 4.27. The smallest absolute Gasteiger partial charge is 0.241 e. The highest BCUT2D eigenvalue weighted by Crippen LogP contribution is 2.30. The monoisotopic (exact) mass is 344 g/mol. The summed E-state index contributed by atoms with van der Waals surface area (Å²) in [6.07, 6.45) is 0.673. The van der Waals surface area contributed by atoms with E-state index < -0.39 is 10.0 Å². The summed E-state index contributed by atoms with van der Waals surface area (Å²) in [7, 11) is -3.62. The van der Waals surface area contributed by atoms with E-state index in [4.69, 9.17) is 0 Å². The Hall–Kier alpha value is -2.18. The second-order valence-electron chi connectivity index (χ2n) is 5.96. The van der Waals surface area contributed by atoms with Crippen LogP contribution in [-0.4, -0.2) is 20.9 Å². The minimum absolute atomic E-state index is 0.0276. The van der Waals surface area contributed by atoms with E-state index in [0.29, 0.717) is 13.0 Å². The average Bonchev–Trinajstić information content (AvgIpc) is 2.98. The summed E-state index contributed by atoms with van der Waals surface area (Å²) in [4.78, 5) is 13.5. The number of rotatable bonds is 4. The van der Waals surface area contributed by atoms with Gasteiger partial charge in [-0.05, 0) is 42.7 Å². The summed E-state index contributed by atoms with van der Waals surface area (Å²) in [5.74, 6) is -0.0276. The maximum absolute atomic E-state index is 12.6. The van der Waals surface area contributed by atoms with Crippen molar-refractivity contribution in [1.82, 2.24) is 4.72 Å². The van der Waals surface area contributed by atoms with Crippen LogP contribution in [0.5, 0.6) is 0 Å². The number of hydrogen-bond acceptors (Lipinski definition) is 3. The predicted molar refractivity (Wildman–Crippen MR) is 93.4 cm³/mol. The fourth-order valence-corrected chi connectivity index (χ4v) is 4.27. The van der Waals surface area contributed by atoms with Gasteiger partial charge in [-0.25, -0.2) is 13.1 Å². The molecule has 1 atom stereocenters. The summed E-state index contributed by atoms with van der Waals surface area (Å²) in [6, 6.07) is 14.0. The highest BCUT2D eigenvalue weighted by Gasteiger charge is 2.25. The van der Waals surface area contributed by atoms with Crippen molar-refractivity contribution in [3.05, 3.63) is 59.7 Å². The van der Waals surface area contributed by atoms with Gasteiger partial charge in [0.2, 0.25) is 15.9 Å². The van der Waals surface area contributed by atoms with Crippen LogP contribution in [0.4, 0.5) is 5.69 Å². The zero-order valence-electron chi connectivity index (χ0n) is 13.7. The summed E-state index contributed by atoms with van der Waals surface area (Å²) in [5, 5.41) is 0. The third-order valence-corrected chi connectivity index (χ3v) is 5.81. The maximum atomic E-state index is 12.6. The Morgan fingerprint density at radius 2 is 1.88 bits per heavy atom. The third kappa shape index (κ3) is 3.20. The molecule has 0 spiro atoms. The highest BCUT2D eigenvalue weighted by atomic mass is 32.2. The SMILES string of the molecule is CC(=O)N1CCc2cc(S(=O)(=O)N[C@@H](C)c3ccccc3)ccc21. The Morgan fingerprint density at radius 1 is 1.17 bits per heavy atom. The zero-order valence-corrected chi connectivity index (χ0v) is 14.5. The topological polar surface area (TPSA) is 66.5 Å². The van der Waals surface area contributed by atoms with Crippen molar-refractivity contribution in [3.63, 3.8) is 0 Å². The second kappa shape index (κ2) is 6.37. The highest BCUT2D eigenvalue weighted by molar-refractivity contribution is 7.89. The van der Waals surface area contributed by atoms with Crippen LogP contribution >= 0.6 is 0 Å². The summed E-state index contributed by atoms with van der Waals surface area (Å²) in [6.45, 7) is 3.93. The molecule has 126 valence electrons. The molecule has 0 aromatic heterocycles. The quantitative estimate of drug-likeness (QED) is 0.927. The Balaban J connectivity index is 1.85. The Morgan fingerprint density at radius 3 is 2.54 bits per heavy atom. The van der Waals surface area contributed by atoms with Gasteiger partial charge < -0.3 is 4.90 Å². The number of amides is 1. The lowest BCUT2D eigenvalue weighted by atomic mass is 10.1. The predicted octanol–water partition coefficient (Wildman–Crippen LogP) is 2.64. The normalized spacial score (nSPS) is 15.2. The lowest BCUT2D eigenvalue weighted by Crippen LogP contribution is -2.27. The van der Waals surface area contributed by atoms with Gasteiger partial charge in [-0.3, -0.25) is 4.79 Å². The fourth-order valence-electron chi connectivity index (χ4n) is 2.98. The molecule has 1 aliphatic heterocycles. The molecular formula is C18H20N2O3S. The number of anilines is 1. The molecule has 24 heavy (non-hydrogen) atoms. The molecule has 0 aliphatic carbocycles. The van der Waals surface area contributed by atoms with E-state index >= 15 is 0 Å². The second-order valence-corrected chi connectivity index (χ2v) is 7.68. The molecule has 0 radical (unpaired) electrons. The van der Waals surface area contributed by atoms with E-state index in [2.05, 4.69) is 4.72 Å². The van der Waals surface area contributed by atoms with Crippen molar-refractivity contribution in [2.45, 2.75) is 31.2 Å². The van der Waals surface area contributed by atoms with Crippen LogP contribution in [0.25, 0.3) is 0 Å². The van der Waals surface area contributed by atoms with Crippen molar-refractivity contribution in [1.29, 1.82) is 0 Å². The fraction of sp³-hybridized carbons (Fsp3) is 0.278. The maximum Gasteiger partial charge on any atom is 0.241 e. The number of carbonyl (C=O) groups is 1. The Kier molecular flexibility index (Phi) is 4.43. The first kappa shape index (κ1) is 16.7. The van der Waals surface area contributed by atoms with Crippen molar-refractivity contribution in [3.8, 4) is 0 Å². The van der Waals surface area contributed by atoms with Crippen LogP contribution < -0.4 is 9.62 Å². The van der Waals surface area contributed by atoms with Gasteiger partial charge in [0.25, 0.3) is 0 Å². The minimum Gasteiger partial charge on any atom is -0.312 e. The number of benzene rings is 2. The Bertz CT molecular complexity index is 863. The molecule has 0 bridgehead atoms. The summed E-state index contributed by atoms with van der Waals surface area (Å²) < 4.78 is 28.0. The largest absolute Gasteiger partial charge is 0.312 e. The lowest BCUT2D eigenvalue weighted by Gasteiger charge is -2.17. The molecule has 3 rings (SSSR count). The molecule has 2 aromatic rings. The van der Waals surface area contributed by atoms with Crippen LogP contribution in [0, 0.1) is 0 Å².